The van der Waals surface area contributed by atoms with Crippen molar-refractivity contribution in [1.29, 1.82) is 0 Å². The number of hydrogen-bond acceptors (Lipinski definition) is 9. The van der Waals surface area contributed by atoms with Crippen LogP contribution in [-0.4, -0.2) is 34.1 Å². The summed E-state index contributed by atoms with van der Waals surface area (Å²) in [4.78, 5) is 28.5. The van der Waals surface area contributed by atoms with Crippen LogP contribution in [0, 0.1) is 5.82 Å². The molecule has 0 bridgehead atoms. The molecule has 232 valence electrons. The largest absolute Gasteiger partial charge is 0.507 e. The summed E-state index contributed by atoms with van der Waals surface area (Å²) in [6, 6.07) is 26.3. The first kappa shape index (κ1) is 31.3. The molecule has 1 atom stereocenters. The number of carbonyl (C=O) groups is 2. The first-order valence-corrected chi connectivity index (χ1v) is 16.1. The maximum absolute atomic E-state index is 14.2. The number of methoxy groups -OCH3 is 1. The second kappa shape index (κ2) is 13.7. The molecule has 1 fully saturated rings. The normalized spacial score (nSPS) is 15.7. The number of carbonyl (C=O) groups excluding carboxylic acids is 2. The van der Waals surface area contributed by atoms with Crippen molar-refractivity contribution in [3.8, 4) is 11.5 Å². The Bertz CT molecular complexity index is 1940. The second-order valence-electron chi connectivity index (χ2n) is 10.1. The Labute approximate surface area is 277 Å². The van der Waals surface area contributed by atoms with E-state index in [1.807, 2.05) is 30.3 Å². The molecule has 8 nitrogen and oxygen atoms in total. The summed E-state index contributed by atoms with van der Waals surface area (Å²) < 4.78 is 26.3. The van der Waals surface area contributed by atoms with Gasteiger partial charge in [-0.2, -0.15) is 0 Å². The third kappa shape index (κ3) is 6.48. The molecule has 1 unspecified atom stereocenters. The van der Waals surface area contributed by atoms with Gasteiger partial charge < -0.3 is 14.6 Å². The summed E-state index contributed by atoms with van der Waals surface area (Å²) in [5.74, 6) is -1.37. The van der Waals surface area contributed by atoms with E-state index in [1.54, 1.807) is 60.7 Å². The molecule has 1 saturated heterocycles. The summed E-state index contributed by atoms with van der Waals surface area (Å²) >= 11 is 8.39. The van der Waals surface area contributed by atoms with Crippen molar-refractivity contribution in [3.05, 3.63) is 136 Å². The van der Waals surface area contributed by atoms with E-state index in [2.05, 4.69) is 10.2 Å². The maximum Gasteiger partial charge on any atom is 0.301 e. The number of rotatable bonds is 10. The van der Waals surface area contributed by atoms with Crippen LogP contribution < -0.4 is 14.4 Å². The number of amides is 1. The lowest BCUT2D eigenvalue weighted by Crippen LogP contribution is -2.29. The van der Waals surface area contributed by atoms with Gasteiger partial charge in [-0.25, -0.2) is 4.39 Å². The number of halogens is 2. The molecule has 6 rings (SSSR count). The van der Waals surface area contributed by atoms with Crippen molar-refractivity contribution >= 4 is 57.3 Å². The molecule has 1 N–H and O–H groups in total. The summed E-state index contributed by atoms with van der Waals surface area (Å²) in [6.45, 7) is 0.295. The van der Waals surface area contributed by atoms with Gasteiger partial charge in [0.05, 0.1) is 18.7 Å². The van der Waals surface area contributed by atoms with Crippen LogP contribution in [0.2, 0.25) is 5.02 Å². The third-order valence-corrected chi connectivity index (χ3v) is 9.57. The molecule has 1 aromatic heterocycles. The number of aliphatic hydroxyl groups excluding tert-OH is 1. The van der Waals surface area contributed by atoms with Gasteiger partial charge in [0.2, 0.25) is 5.13 Å². The smallest absolute Gasteiger partial charge is 0.301 e. The molecule has 1 amide bonds. The molecule has 0 saturated carbocycles. The summed E-state index contributed by atoms with van der Waals surface area (Å²) in [6.07, 6.45) is 0. The number of Topliss-reactive ketones (excluding diaryl/α,β-unsaturated/α-hetero) is 1. The molecule has 46 heavy (non-hydrogen) atoms. The molecule has 5 aromatic rings. The minimum absolute atomic E-state index is 0.136. The Balaban J connectivity index is 1.38. The Morgan fingerprint density at radius 3 is 2.46 bits per heavy atom. The minimum Gasteiger partial charge on any atom is -0.507 e. The minimum atomic E-state index is -1.08. The first-order valence-electron chi connectivity index (χ1n) is 14.0. The van der Waals surface area contributed by atoms with Crippen molar-refractivity contribution in [2.24, 2.45) is 0 Å². The van der Waals surface area contributed by atoms with Crippen LogP contribution in [0.4, 0.5) is 9.52 Å². The standard InChI is InChI=1S/C34H25ClFN3O5S2/c1-43-27-17-22(13-16-26(27)44-18-20-7-3-2-4-8-20)29-28(30(40)21-11-14-24(35)15-12-21)31(41)32(42)39(29)33-37-38-34(46-33)45-19-23-9-5-6-10-25(23)36/h2-17,29,40H,18-19H2,1H3/b30-28-. The second-order valence-corrected chi connectivity index (χ2v) is 12.7. The van der Waals surface area contributed by atoms with E-state index in [4.69, 9.17) is 21.1 Å². The zero-order valence-electron chi connectivity index (χ0n) is 24.2. The van der Waals surface area contributed by atoms with E-state index in [1.165, 1.54) is 29.8 Å². The van der Waals surface area contributed by atoms with Gasteiger partial charge in [0.15, 0.2) is 15.8 Å². The van der Waals surface area contributed by atoms with E-state index >= 15 is 0 Å². The Kier molecular flexibility index (Phi) is 9.34. The van der Waals surface area contributed by atoms with Crippen LogP contribution >= 0.6 is 34.7 Å². The predicted octanol–water partition coefficient (Wildman–Crippen LogP) is 7.84. The molecule has 0 aliphatic carbocycles. The van der Waals surface area contributed by atoms with Crippen LogP contribution in [0.1, 0.15) is 28.3 Å². The van der Waals surface area contributed by atoms with Gasteiger partial charge in [0.25, 0.3) is 5.78 Å². The van der Waals surface area contributed by atoms with Crippen molar-refractivity contribution in [2.45, 2.75) is 22.7 Å². The fourth-order valence-electron chi connectivity index (χ4n) is 4.93. The van der Waals surface area contributed by atoms with Gasteiger partial charge in [-0.1, -0.05) is 89.3 Å². The first-order chi connectivity index (χ1) is 22.3. The van der Waals surface area contributed by atoms with Crippen molar-refractivity contribution < 1.29 is 28.6 Å². The average Bonchev–Trinajstić information content (AvgIpc) is 3.65. The quantitative estimate of drug-likeness (QED) is 0.0526. The van der Waals surface area contributed by atoms with E-state index < -0.39 is 17.7 Å². The molecule has 0 radical (unpaired) electrons. The van der Waals surface area contributed by atoms with Gasteiger partial charge in [0.1, 0.15) is 18.2 Å². The molecular formula is C34H25ClFN3O5S2. The van der Waals surface area contributed by atoms with Crippen molar-refractivity contribution in [2.75, 3.05) is 12.0 Å². The summed E-state index contributed by atoms with van der Waals surface area (Å²) in [5, 5.41) is 20.4. The predicted molar refractivity (Wildman–Crippen MR) is 176 cm³/mol. The summed E-state index contributed by atoms with van der Waals surface area (Å²) in [7, 11) is 1.49. The number of benzene rings is 4. The fourth-order valence-corrected chi connectivity index (χ4v) is 6.91. The highest BCUT2D eigenvalue weighted by molar-refractivity contribution is 8.00. The number of anilines is 1. The molecule has 1 aliphatic heterocycles. The molecular weight excluding hydrogens is 649 g/mol. The summed E-state index contributed by atoms with van der Waals surface area (Å²) in [5.41, 5.74) is 2.09. The van der Waals surface area contributed by atoms with Crippen LogP contribution in [0.15, 0.2) is 107 Å². The highest BCUT2D eigenvalue weighted by Crippen LogP contribution is 2.45. The Hall–Kier alpha value is -4.71. The van der Waals surface area contributed by atoms with E-state index in [9.17, 15) is 19.1 Å². The lowest BCUT2D eigenvalue weighted by molar-refractivity contribution is -0.132. The van der Waals surface area contributed by atoms with Crippen molar-refractivity contribution in [1.82, 2.24) is 10.2 Å². The van der Waals surface area contributed by atoms with E-state index in [0.717, 1.165) is 16.9 Å². The Morgan fingerprint density at radius 2 is 1.72 bits per heavy atom. The van der Waals surface area contributed by atoms with Crippen LogP contribution in [0.3, 0.4) is 0 Å². The number of ketones is 1. The molecule has 12 heteroatoms. The van der Waals surface area contributed by atoms with Crippen molar-refractivity contribution in [3.63, 3.8) is 0 Å². The van der Waals surface area contributed by atoms with Gasteiger partial charge in [-0.05, 0) is 59.2 Å². The van der Waals surface area contributed by atoms with Gasteiger partial charge in [-0.15, -0.1) is 10.2 Å². The lowest BCUT2D eigenvalue weighted by atomic mass is 9.95. The highest BCUT2D eigenvalue weighted by Gasteiger charge is 2.48. The number of nitrogens with zero attached hydrogens (tertiary/aromatic N) is 3. The third-order valence-electron chi connectivity index (χ3n) is 7.21. The number of hydrogen-bond donors (Lipinski definition) is 1. The molecule has 2 heterocycles. The fraction of sp³-hybridized carbons (Fsp3) is 0.118. The van der Waals surface area contributed by atoms with Crippen LogP contribution in [0.5, 0.6) is 11.5 Å². The Morgan fingerprint density at radius 1 is 0.978 bits per heavy atom. The SMILES string of the molecule is COc1cc(C2/C(=C(/O)c3ccc(Cl)cc3)C(=O)C(=O)N2c2nnc(SCc3ccccc3F)s2)ccc1OCc1ccccc1. The molecule has 1 aliphatic rings. The van der Waals surface area contributed by atoms with Crippen LogP contribution in [-0.2, 0) is 21.9 Å². The molecule has 0 spiro atoms. The lowest BCUT2D eigenvalue weighted by Gasteiger charge is -2.23. The zero-order chi connectivity index (χ0) is 32.2. The topological polar surface area (TPSA) is 102 Å². The van der Waals surface area contributed by atoms with Crippen LogP contribution in [0.25, 0.3) is 5.76 Å². The van der Waals surface area contributed by atoms with E-state index in [-0.39, 0.29) is 22.3 Å². The molecule has 4 aromatic carbocycles. The zero-order valence-corrected chi connectivity index (χ0v) is 26.6. The van der Waals surface area contributed by atoms with Gasteiger partial charge >= 0.3 is 5.91 Å². The van der Waals surface area contributed by atoms with E-state index in [0.29, 0.717) is 49.9 Å². The number of thioether (sulfide) groups is 1. The number of aliphatic hydroxyl groups is 1. The van der Waals surface area contributed by atoms with Gasteiger partial charge in [-0.3, -0.25) is 14.5 Å². The van der Waals surface area contributed by atoms with Gasteiger partial charge in [0, 0.05) is 16.3 Å². The number of ether oxygens (including phenoxy) is 2. The monoisotopic (exact) mass is 673 g/mol. The number of aromatic nitrogens is 2. The highest BCUT2D eigenvalue weighted by atomic mass is 35.5. The maximum atomic E-state index is 14.2. The average molecular weight is 674 g/mol.